The molecule has 0 unspecified atom stereocenters. The second-order valence-electron chi connectivity index (χ2n) is 17.2. The van der Waals surface area contributed by atoms with Gasteiger partial charge in [-0.2, -0.15) is 0 Å². The number of hydrogen-bond acceptors (Lipinski definition) is 3. The van der Waals surface area contributed by atoms with Crippen molar-refractivity contribution in [3.63, 3.8) is 0 Å². The first-order valence-corrected chi connectivity index (χ1v) is 25.9. The zero-order valence-electron chi connectivity index (χ0n) is 40.5. The van der Waals surface area contributed by atoms with Crippen LogP contribution in [-0.2, 0) is 14.4 Å². The molecule has 61 heavy (non-hydrogen) atoms. The summed E-state index contributed by atoms with van der Waals surface area (Å²) >= 11 is 0. The standard InChI is InChI=1S/3C18H34O2.Er/c3*1-2-3-4-5-6-7-8-9-10-11-12-13-14-15-16-17-18(19)20;/h3*7-8H,2-6,9-17H2,1H3,(H,19,20);/b3*8-7-;. The van der Waals surface area contributed by atoms with Gasteiger partial charge in [0.25, 0.3) is 0 Å². The average molecular weight is 1010 g/mol. The van der Waals surface area contributed by atoms with E-state index in [1.165, 1.54) is 212 Å². The molecule has 0 saturated carbocycles. The van der Waals surface area contributed by atoms with Crippen molar-refractivity contribution in [3.8, 4) is 0 Å². The van der Waals surface area contributed by atoms with E-state index in [4.69, 9.17) is 15.3 Å². The van der Waals surface area contributed by atoms with Crippen LogP contribution in [0.25, 0.3) is 0 Å². The van der Waals surface area contributed by atoms with Gasteiger partial charge in [-0.05, 0) is 96.3 Å². The first-order chi connectivity index (χ1) is 29.3. The van der Waals surface area contributed by atoms with E-state index in [0.717, 1.165) is 38.5 Å². The van der Waals surface area contributed by atoms with E-state index in [1.807, 2.05) is 0 Å². The number of carboxylic acids is 3. The summed E-state index contributed by atoms with van der Waals surface area (Å²) in [5, 5.41) is 25.5. The minimum Gasteiger partial charge on any atom is -0.481 e. The Bertz CT molecular complexity index is 827. The molecule has 3 N–H and O–H groups in total. The van der Waals surface area contributed by atoms with Crippen LogP contribution in [0.5, 0.6) is 0 Å². The zero-order chi connectivity index (χ0) is 44.7. The van der Waals surface area contributed by atoms with Crippen molar-refractivity contribution in [2.45, 2.75) is 290 Å². The fourth-order valence-corrected chi connectivity index (χ4v) is 7.04. The molecule has 0 spiro atoms. The maximum absolute atomic E-state index is 10.3. The summed E-state index contributed by atoms with van der Waals surface area (Å²) in [4.78, 5) is 31.0. The summed E-state index contributed by atoms with van der Waals surface area (Å²) in [6.45, 7) is 6.76. The summed E-state index contributed by atoms with van der Waals surface area (Å²) in [7, 11) is 0. The Morgan fingerprint density at radius 3 is 0.574 bits per heavy atom. The summed E-state index contributed by atoms with van der Waals surface area (Å²) in [6.07, 6.45) is 63.7. The number of hydrogen-bond donors (Lipinski definition) is 3. The van der Waals surface area contributed by atoms with Gasteiger partial charge in [0, 0.05) is 56.6 Å². The van der Waals surface area contributed by atoms with Crippen molar-refractivity contribution in [1.29, 1.82) is 0 Å². The van der Waals surface area contributed by atoms with Gasteiger partial charge in [0.1, 0.15) is 0 Å². The molecule has 0 heterocycles. The SMILES string of the molecule is CCCCCC/C=C\CCCCCCCCCC(=O)O.CCCCCC/C=C\CCCCCCCCCC(=O)O.CCCCCC/C=C\CCCCCCCCCC(=O)O.[Er]. The molecule has 0 bridgehead atoms. The van der Waals surface area contributed by atoms with Gasteiger partial charge in [-0.3, -0.25) is 14.4 Å². The van der Waals surface area contributed by atoms with Crippen LogP contribution in [0, 0.1) is 37.3 Å². The maximum atomic E-state index is 10.3. The van der Waals surface area contributed by atoms with E-state index in [1.54, 1.807) is 0 Å². The minimum absolute atomic E-state index is 0. The Kier molecular flexibility index (Phi) is 68.8. The quantitative estimate of drug-likeness (QED) is 0.0414. The van der Waals surface area contributed by atoms with E-state index in [0.29, 0.717) is 19.3 Å². The summed E-state index contributed by atoms with van der Waals surface area (Å²) in [6, 6.07) is 0. The second kappa shape index (κ2) is 63.2. The van der Waals surface area contributed by atoms with Gasteiger partial charge >= 0.3 is 17.9 Å². The molecule has 0 aromatic rings. The van der Waals surface area contributed by atoms with E-state index in [9.17, 15) is 14.4 Å². The van der Waals surface area contributed by atoms with Crippen LogP contribution < -0.4 is 0 Å². The first kappa shape index (κ1) is 66.5. The van der Waals surface area contributed by atoms with E-state index < -0.39 is 17.9 Å². The molecule has 0 atom stereocenters. The van der Waals surface area contributed by atoms with Gasteiger partial charge in [0.15, 0.2) is 0 Å². The van der Waals surface area contributed by atoms with Crippen LogP contribution in [0.2, 0.25) is 0 Å². The van der Waals surface area contributed by atoms with Crippen molar-refractivity contribution in [2.75, 3.05) is 0 Å². The maximum Gasteiger partial charge on any atom is 0.303 e. The average Bonchev–Trinajstić information content (AvgIpc) is 3.22. The van der Waals surface area contributed by atoms with Crippen LogP contribution in [0.15, 0.2) is 36.5 Å². The van der Waals surface area contributed by atoms with Gasteiger partial charge in [-0.1, -0.05) is 211 Å². The third-order valence-corrected chi connectivity index (χ3v) is 11.0. The molecule has 0 saturated heterocycles. The van der Waals surface area contributed by atoms with Crippen LogP contribution in [0.3, 0.4) is 0 Å². The van der Waals surface area contributed by atoms with Crippen molar-refractivity contribution < 1.29 is 67.0 Å². The minimum atomic E-state index is -0.661. The predicted octanol–water partition coefficient (Wildman–Crippen LogP) is 18.3. The number of rotatable bonds is 45. The molecule has 0 aliphatic carbocycles. The second-order valence-corrected chi connectivity index (χ2v) is 17.2. The normalized spacial score (nSPS) is 11.1. The Labute approximate surface area is 409 Å². The molecule has 0 radical (unpaired) electrons. The molecule has 0 aromatic carbocycles. The number of allylic oxidation sites excluding steroid dienone is 6. The molecule has 0 aliphatic heterocycles. The Morgan fingerprint density at radius 1 is 0.262 bits per heavy atom. The summed E-state index contributed by atoms with van der Waals surface area (Å²) < 4.78 is 0. The molecular formula is C54H102ErO6. The van der Waals surface area contributed by atoms with Gasteiger partial charge in [0.05, 0.1) is 0 Å². The van der Waals surface area contributed by atoms with Crippen LogP contribution in [0.1, 0.15) is 290 Å². The molecule has 366 valence electrons. The molecule has 0 aliphatic rings. The van der Waals surface area contributed by atoms with Gasteiger partial charge in [-0.25, -0.2) is 0 Å². The van der Waals surface area contributed by atoms with Gasteiger partial charge in [-0.15, -0.1) is 0 Å². The summed E-state index contributed by atoms with van der Waals surface area (Å²) in [5.41, 5.74) is 0. The van der Waals surface area contributed by atoms with Gasteiger partial charge < -0.3 is 15.3 Å². The fraction of sp³-hybridized carbons (Fsp3) is 0.833. The monoisotopic (exact) mass is 1010 g/mol. The molecule has 0 amide bonds. The molecule has 0 rings (SSSR count). The first-order valence-electron chi connectivity index (χ1n) is 25.9. The van der Waals surface area contributed by atoms with Crippen LogP contribution in [0.4, 0.5) is 0 Å². The molecule has 7 heteroatoms. The third-order valence-electron chi connectivity index (χ3n) is 11.0. The third kappa shape index (κ3) is 76.6. The Morgan fingerprint density at radius 2 is 0.410 bits per heavy atom. The number of unbranched alkanes of at least 4 members (excludes halogenated alkanes) is 33. The molecule has 0 aromatic heterocycles. The Balaban J connectivity index is -0.000000396. The number of aliphatic carboxylic acids is 3. The Hall–Kier alpha value is -1.12. The van der Waals surface area contributed by atoms with Crippen molar-refractivity contribution in [3.05, 3.63) is 36.5 Å². The molecule has 0 fully saturated rings. The summed E-state index contributed by atoms with van der Waals surface area (Å²) in [5.74, 6) is -1.98. The predicted molar refractivity (Wildman–Crippen MR) is 261 cm³/mol. The molecular weight excluding hydrogens is 912 g/mol. The number of carboxylic acid groups (broad SMARTS) is 3. The van der Waals surface area contributed by atoms with E-state index in [-0.39, 0.29) is 37.3 Å². The van der Waals surface area contributed by atoms with E-state index in [2.05, 4.69) is 57.2 Å². The topological polar surface area (TPSA) is 112 Å². The van der Waals surface area contributed by atoms with Gasteiger partial charge in [0.2, 0.25) is 0 Å². The molecule has 6 nitrogen and oxygen atoms in total. The van der Waals surface area contributed by atoms with Crippen molar-refractivity contribution in [1.82, 2.24) is 0 Å². The van der Waals surface area contributed by atoms with Crippen LogP contribution >= 0.6 is 0 Å². The fourth-order valence-electron chi connectivity index (χ4n) is 7.04. The largest absolute Gasteiger partial charge is 0.481 e. The van der Waals surface area contributed by atoms with Crippen molar-refractivity contribution in [2.24, 2.45) is 0 Å². The van der Waals surface area contributed by atoms with E-state index >= 15 is 0 Å². The number of carbonyl (C=O) groups is 3. The smallest absolute Gasteiger partial charge is 0.303 e. The van der Waals surface area contributed by atoms with Crippen LogP contribution in [-0.4, -0.2) is 33.2 Å². The zero-order valence-corrected chi connectivity index (χ0v) is 42.4. The van der Waals surface area contributed by atoms with Crippen molar-refractivity contribution >= 4 is 17.9 Å².